The van der Waals surface area contributed by atoms with E-state index in [4.69, 9.17) is 0 Å². The largest absolute Gasteiger partial charge is 0.350 e. The molecule has 0 aromatic carbocycles. The highest BCUT2D eigenvalue weighted by atomic mass is 16.2. The van der Waals surface area contributed by atoms with Gasteiger partial charge in [0.1, 0.15) is 0 Å². The zero-order valence-electron chi connectivity index (χ0n) is 13.3. The fourth-order valence-corrected chi connectivity index (χ4v) is 2.69. The molecule has 1 fully saturated rings. The Balaban J connectivity index is 2.65. The molecule has 0 aromatic rings. The minimum Gasteiger partial charge on any atom is -0.350 e. The highest BCUT2D eigenvalue weighted by Crippen LogP contribution is 2.15. The van der Waals surface area contributed by atoms with Crippen LogP contribution in [0.15, 0.2) is 0 Å². The zero-order valence-corrected chi connectivity index (χ0v) is 13.3. The van der Waals surface area contributed by atoms with Crippen molar-refractivity contribution in [1.82, 2.24) is 15.5 Å². The van der Waals surface area contributed by atoms with E-state index in [0.717, 1.165) is 26.1 Å². The van der Waals surface area contributed by atoms with Crippen LogP contribution in [0.5, 0.6) is 0 Å². The van der Waals surface area contributed by atoms with E-state index in [1.54, 1.807) is 0 Å². The Hall–Kier alpha value is -0.610. The van der Waals surface area contributed by atoms with Crippen LogP contribution in [0.25, 0.3) is 0 Å². The van der Waals surface area contributed by atoms with Gasteiger partial charge < -0.3 is 10.6 Å². The molecule has 2 unspecified atom stereocenters. The van der Waals surface area contributed by atoms with Crippen molar-refractivity contribution in [3.8, 4) is 0 Å². The number of piperidine rings is 1. The third-order valence-corrected chi connectivity index (χ3v) is 3.60. The van der Waals surface area contributed by atoms with Crippen LogP contribution in [0.4, 0.5) is 0 Å². The number of rotatable bonds is 5. The Bertz CT molecular complexity index is 280. The Morgan fingerprint density at radius 1 is 1.47 bits per heavy atom. The standard InChI is InChI=1S/C15H31N3O/c1-6-10-18(13-8-7-9-16-11-13)12(2)14(19)17-15(3,4)5/h12-13,16H,6-11H2,1-5H3,(H,17,19). The molecule has 1 saturated heterocycles. The maximum Gasteiger partial charge on any atom is 0.237 e. The summed E-state index contributed by atoms with van der Waals surface area (Å²) in [6, 6.07) is 0.443. The quantitative estimate of drug-likeness (QED) is 0.799. The molecule has 1 rings (SSSR count). The van der Waals surface area contributed by atoms with E-state index in [-0.39, 0.29) is 17.5 Å². The average molecular weight is 269 g/mol. The normalized spacial score (nSPS) is 22.3. The predicted octanol–water partition coefficient (Wildman–Crippen LogP) is 1.75. The Morgan fingerprint density at radius 2 is 2.16 bits per heavy atom. The Morgan fingerprint density at radius 3 is 2.63 bits per heavy atom. The molecular formula is C15H31N3O. The molecule has 2 N–H and O–H groups in total. The van der Waals surface area contributed by atoms with Crippen molar-refractivity contribution in [2.24, 2.45) is 0 Å². The van der Waals surface area contributed by atoms with Crippen molar-refractivity contribution in [2.45, 2.75) is 71.5 Å². The van der Waals surface area contributed by atoms with Crippen molar-refractivity contribution >= 4 is 5.91 Å². The topological polar surface area (TPSA) is 44.4 Å². The molecule has 0 bridgehead atoms. The van der Waals surface area contributed by atoms with Gasteiger partial charge in [-0.3, -0.25) is 9.69 Å². The molecule has 1 heterocycles. The van der Waals surface area contributed by atoms with Crippen LogP contribution >= 0.6 is 0 Å². The molecule has 0 spiro atoms. The van der Waals surface area contributed by atoms with Gasteiger partial charge in [-0.1, -0.05) is 6.92 Å². The summed E-state index contributed by atoms with van der Waals surface area (Å²) in [4.78, 5) is 14.7. The van der Waals surface area contributed by atoms with E-state index in [9.17, 15) is 4.79 Å². The van der Waals surface area contributed by atoms with Gasteiger partial charge in [0.2, 0.25) is 5.91 Å². The molecule has 19 heavy (non-hydrogen) atoms. The van der Waals surface area contributed by atoms with Crippen LogP contribution in [0, 0.1) is 0 Å². The van der Waals surface area contributed by atoms with Crippen LogP contribution in [0.2, 0.25) is 0 Å². The van der Waals surface area contributed by atoms with Gasteiger partial charge in [0.15, 0.2) is 0 Å². The van der Waals surface area contributed by atoms with Crippen LogP contribution in [0.3, 0.4) is 0 Å². The van der Waals surface area contributed by atoms with Gasteiger partial charge in [0, 0.05) is 18.1 Å². The second kappa shape index (κ2) is 7.25. The van der Waals surface area contributed by atoms with Gasteiger partial charge in [-0.25, -0.2) is 0 Å². The molecule has 0 aliphatic carbocycles. The highest BCUT2D eigenvalue weighted by Gasteiger charge is 2.29. The number of carbonyl (C=O) groups is 1. The second-order valence-corrected chi connectivity index (χ2v) is 6.65. The molecule has 0 saturated carbocycles. The molecule has 1 amide bonds. The summed E-state index contributed by atoms with van der Waals surface area (Å²) >= 11 is 0. The van der Waals surface area contributed by atoms with Crippen LogP contribution < -0.4 is 10.6 Å². The Kier molecular flexibility index (Phi) is 6.27. The van der Waals surface area contributed by atoms with Gasteiger partial charge in [0.05, 0.1) is 6.04 Å². The Labute approximate surface area is 118 Å². The summed E-state index contributed by atoms with van der Waals surface area (Å²) in [6.07, 6.45) is 3.49. The van der Waals surface area contributed by atoms with Gasteiger partial charge >= 0.3 is 0 Å². The van der Waals surface area contributed by atoms with Crippen molar-refractivity contribution in [1.29, 1.82) is 0 Å². The lowest BCUT2D eigenvalue weighted by molar-refractivity contribution is -0.128. The third-order valence-electron chi connectivity index (χ3n) is 3.60. The van der Waals surface area contributed by atoms with Crippen LogP contribution in [0.1, 0.15) is 53.9 Å². The lowest BCUT2D eigenvalue weighted by Gasteiger charge is -2.38. The minimum atomic E-state index is -0.159. The fraction of sp³-hybridized carbons (Fsp3) is 0.933. The van der Waals surface area contributed by atoms with E-state index in [0.29, 0.717) is 6.04 Å². The van der Waals surface area contributed by atoms with E-state index >= 15 is 0 Å². The molecule has 1 aliphatic heterocycles. The summed E-state index contributed by atoms with van der Waals surface area (Å²) in [7, 11) is 0. The monoisotopic (exact) mass is 269 g/mol. The molecule has 1 aliphatic rings. The van der Waals surface area contributed by atoms with Crippen molar-refractivity contribution < 1.29 is 4.79 Å². The summed E-state index contributed by atoms with van der Waals surface area (Å²) in [5, 5.41) is 6.54. The van der Waals surface area contributed by atoms with Crippen LogP contribution in [-0.2, 0) is 4.79 Å². The summed E-state index contributed by atoms with van der Waals surface area (Å²) in [6.45, 7) is 13.4. The van der Waals surface area contributed by atoms with E-state index in [1.165, 1.54) is 12.8 Å². The SMILES string of the molecule is CCCN(C1CCCNC1)C(C)C(=O)NC(C)(C)C. The lowest BCUT2D eigenvalue weighted by Crippen LogP contribution is -2.56. The molecule has 112 valence electrons. The predicted molar refractivity (Wildman–Crippen MR) is 80.2 cm³/mol. The second-order valence-electron chi connectivity index (χ2n) is 6.65. The first-order valence-electron chi connectivity index (χ1n) is 7.63. The smallest absolute Gasteiger partial charge is 0.237 e. The first kappa shape index (κ1) is 16.4. The molecule has 2 atom stereocenters. The fourth-order valence-electron chi connectivity index (χ4n) is 2.69. The summed E-state index contributed by atoms with van der Waals surface area (Å²) < 4.78 is 0. The van der Waals surface area contributed by atoms with Gasteiger partial charge in [-0.15, -0.1) is 0 Å². The maximum atomic E-state index is 12.3. The number of nitrogens with zero attached hydrogens (tertiary/aromatic N) is 1. The first-order valence-corrected chi connectivity index (χ1v) is 7.63. The van der Waals surface area contributed by atoms with Crippen molar-refractivity contribution in [3.63, 3.8) is 0 Å². The molecule has 4 nitrogen and oxygen atoms in total. The zero-order chi connectivity index (χ0) is 14.5. The maximum absolute atomic E-state index is 12.3. The van der Waals surface area contributed by atoms with Gasteiger partial charge in [-0.2, -0.15) is 0 Å². The van der Waals surface area contributed by atoms with Crippen molar-refractivity contribution in [3.05, 3.63) is 0 Å². The van der Waals surface area contributed by atoms with E-state index in [1.807, 2.05) is 27.7 Å². The minimum absolute atomic E-state index is 0.0518. The number of carbonyl (C=O) groups excluding carboxylic acids is 1. The van der Waals surface area contributed by atoms with Gasteiger partial charge in [0.25, 0.3) is 0 Å². The number of nitrogens with one attached hydrogen (secondary N) is 2. The van der Waals surface area contributed by atoms with E-state index < -0.39 is 0 Å². The summed E-state index contributed by atoms with van der Waals surface area (Å²) in [5.74, 6) is 0.145. The third kappa shape index (κ3) is 5.49. The molecular weight excluding hydrogens is 238 g/mol. The molecule has 0 radical (unpaired) electrons. The number of amides is 1. The molecule has 0 aromatic heterocycles. The number of hydrogen-bond acceptors (Lipinski definition) is 3. The van der Waals surface area contributed by atoms with Crippen molar-refractivity contribution in [2.75, 3.05) is 19.6 Å². The number of hydrogen-bond donors (Lipinski definition) is 2. The highest BCUT2D eigenvalue weighted by molar-refractivity contribution is 5.82. The average Bonchev–Trinajstić information content (AvgIpc) is 2.34. The molecule has 4 heteroatoms. The first-order chi connectivity index (χ1) is 8.85. The van der Waals surface area contributed by atoms with E-state index in [2.05, 4.69) is 22.5 Å². The summed E-state index contributed by atoms with van der Waals surface area (Å²) in [5.41, 5.74) is -0.159. The van der Waals surface area contributed by atoms with Gasteiger partial charge in [-0.05, 0) is 60.0 Å². The van der Waals surface area contributed by atoms with Crippen LogP contribution in [-0.4, -0.2) is 48.1 Å². The lowest BCUT2D eigenvalue weighted by atomic mass is 10.0.